The third kappa shape index (κ3) is 3.35. The first-order chi connectivity index (χ1) is 16.1. The molecule has 6 nitrogen and oxygen atoms in total. The third-order valence-corrected chi connectivity index (χ3v) is 7.88. The van der Waals surface area contributed by atoms with Crippen LogP contribution in [0.3, 0.4) is 0 Å². The zero-order chi connectivity index (χ0) is 22.5. The smallest absolute Gasteiger partial charge is 0.101 e. The Kier molecular flexibility index (Phi) is 4.97. The Hall–Kier alpha value is -3.14. The molecule has 3 aliphatic heterocycles. The summed E-state index contributed by atoms with van der Waals surface area (Å²) in [6.07, 6.45) is 2.98. The molecule has 168 valence electrons. The predicted molar refractivity (Wildman–Crippen MR) is 133 cm³/mol. The summed E-state index contributed by atoms with van der Waals surface area (Å²) in [4.78, 5) is 12.1. The lowest BCUT2D eigenvalue weighted by Crippen LogP contribution is -2.51. The van der Waals surface area contributed by atoms with Crippen molar-refractivity contribution in [2.75, 3.05) is 43.0 Å². The number of nitrogens with zero attached hydrogens (tertiary/aromatic N) is 5. The number of hydrogen-bond donors (Lipinski definition) is 1. The summed E-state index contributed by atoms with van der Waals surface area (Å²) in [6, 6.07) is 18.9. The quantitative estimate of drug-likeness (QED) is 0.673. The number of pyridine rings is 1. The summed E-state index contributed by atoms with van der Waals surface area (Å²) in [5, 5.41) is 14.1. The van der Waals surface area contributed by atoms with Crippen molar-refractivity contribution in [1.82, 2.24) is 15.2 Å². The number of hydrogen-bond acceptors (Lipinski definition) is 6. The van der Waals surface area contributed by atoms with Crippen molar-refractivity contribution in [3.63, 3.8) is 0 Å². The van der Waals surface area contributed by atoms with E-state index in [4.69, 9.17) is 0 Å². The van der Waals surface area contributed by atoms with Gasteiger partial charge in [0, 0.05) is 68.3 Å². The van der Waals surface area contributed by atoms with Crippen LogP contribution in [0.4, 0.5) is 11.4 Å². The van der Waals surface area contributed by atoms with Crippen LogP contribution in [0.25, 0.3) is 10.9 Å². The van der Waals surface area contributed by atoms with E-state index in [1.165, 1.54) is 28.9 Å². The second kappa shape index (κ2) is 8.02. The molecule has 0 spiro atoms. The SMILES string of the molecule is CC1CN(c2ccc(C#N)c3ncccc23)CC2c3ccc(N(C)C4CCNC4)cc3CN12. The predicted octanol–water partition coefficient (Wildman–Crippen LogP) is 3.67. The largest absolute Gasteiger partial charge is 0.370 e. The van der Waals surface area contributed by atoms with Gasteiger partial charge in [0.1, 0.15) is 6.07 Å². The van der Waals surface area contributed by atoms with Crippen molar-refractivity contribution in [1.29, 1.82) is 5.26 Å². The fourth-order valence-electron chi connectivity index (χ4n) is 6.03. The average molecular weight is 439 g/mol. The molecule has 4 heterocycles. The monoisotopic (exact) mass is 438 g/mol. The Labute approximate surface area is 195 Å². The summed E-state index contributed by atoms with van der Waals surface area (Å²) in [6.45, 7) is 7.47. The Morgan fingerprint density at radius 2 is 2.09 bits per heavy atom. The van der Waals surface area contributed by atoms with Gasteiger partial charge in [0.2, 0.25) is 0 Å². The van der Waals surface area contributed by atoms with Crippen LogP contribution in [0.2, 0.25) is 0 Å². The topological polar surface area (TPSA) is 58.4 Å². The van der Waals surface area contributed by atoms with Crippen LogP contribution < -0.4 is 15.1 Å². The molecule has 0 amide bonds. The highest BCUT2D eigenvalue weighted by Crippen LogP contribution is 2.42. The number of aromatic nitrogens is 1. The van der Waals surface area contributed by atoms with Crippen molar-refractivity contribution in [2.45, 2.75) is 38.0 Å². The van der Waals surface area contributed by atoms with Crippen molar-refractivity contribution in [3.05, 3.63) is 65.4 Å². The minimum absolute atomic E-state index is 0.388. The highest BCUT2D eigenvalue weighted by molar-refractivity contribution is 5.95. The van der Waals surface area contributed by atoms with E-state index in [1.54, 1.807) is 6.20 Å². The van der Waals surface area contributed by atoms with Crippen molar-refractivity contribution in [3.8, 4) is 6.07 Å². The molecule has 0 saturated carbocycles. The molecule has 0 aliphatic carbocycles. The van der Waals surface area contributed by atoms with Crippen LogP contribution in [-0.2, 0) is 6.54 Å². The van der Waals surface area contributed by atoms with E-state index in [2.05, 4.69) is 75.4 Å². The molecular weight excluding hydrogens is 408 g/mol. The molecule has 3 aromatic rings. The Bertz CT molecular complexity index is 1240. The van der Waals surface area contributed by atoms with Gasteiger partial charge in [0.15, 0.2) is 0 Å². The molecule has 1 aromatic heterocycles. The molecule has 3 atom stereocenters. The van der Waals surface area contributed by atoms with Crippen molar-refractivity contribution >= 4 is 22.3 Å². The summed E-state index contributed by atoms with van der Waals surface area (Å²) >= 11 is 0. The average Bonchev–Trinajstić information content (AvgIpc) is 3.51. The zero-order valence-electron chi connectivity index (χ0n) is 19.3. The number of piperazine rings is 1. The van der Waals surface area contributed by atoms with Crippen LogP contribution in [-0.4, -0.2) is 55.2 Å². The van der Waals surface area contributed by atoms with Gasteiger partial charge < -0.3 is 15.1 Å². The highest BCUT2D eigenvalue weighted by Gasteiger charge is 2.39. The van der Waals surface area contributed by atoms with E-state index in [0.717, 1.165) is 43.6 Å². The zero-order valence-corrected chi connectivity index (χ0v) is 19.3. The summed E-state index contributed by atoms with van der Waals surface area (Å²) in [5.74, 6) is 0. The van der Waals surface area contributed by atoms with Gasteiger partial charge in [0.25, 0.3) is 0 Å². The van der Waals surface area contributed by atoms with E-state index in [0.29, 0.717) is 23.7 Å². The first kappa shape index (κ1) is 20.5. The maximum Gasteiger partial charge on any atom is 0.101 e. The van der Waals surface area contributed by atoms with Crippen LogP contribution in [0, 0.1) is 11.3 Å². The van der Waals surface area contributed by atoms with Crippen molar-refractivity contribution in [2.24, 2.45) is 0 Å². The standard InChI is InChI=1S/C27H30N6/c1-18-15-32(25-8-5-19(13-28)27-24(25)4-3-10-30-27)17-26-23-7-6-21(12-20(23)16-33(18)26)31(2)22-9-11-29-14-22/h3-8,10,12,18,22,26,29H,9,11,14-17H2,1-2H3. The van der Waals surface area contributed by atoms with Crippen molar-refractivity contribution < 1.29 is 0 Å². The number of benzene rings is 2. The fourth-order valence-corrected chi connectivity index (χ4v) is 6.03. The number of likely N-dealkylation sites (N-methyl/N-ethyl adjacent to an activating group) is 1. The molecule has 6 rings (SSSR count). The lowest BCUT2D eigenvalue weighted by molar-refractivity contribution is 0.134. The Morgan fingerprint density at radius 3 is 2.91 bits per heavy atom. The first-order valence-electron chi connectivity index (χ1n) is 12.0. The van der Waals surface area contributed by atoms with E-state index in [-0.39, 0.29) is 0 Å². The molecule has 33 heavy (non-hydrogen) atoms. The van der Waals surface area contributed by atoms with Gasteiger partial charge in [0.05, 0.1) is 17.1 Å². The van der Waals surface area contributed by atoms with E-state index >= 15 is 0 Å². The number of fused-ring (bicyclic) bond motifs is 4. The van der Waals surface area contributed by atoms with Gasteiger partial charge in [-0.05, 0) is 67.4 Å². The molecule has 2 saturated heterocycles. The van der Waals surface area contributed by atoms with Gasteiger partial charge in [-0.25, -0.2) is 0 Å². The third-order valence-electron chi connectivity index (χ3n) is 7.88. The van der Waals surface area contributed by atoms with E-state index < -0.39 is 0 Å². The van der Waals surface area contributed by atoms with E-state index in [9.17, 15) is 5.26 Å². The second-order valence-electron chi connectivity index (χ2n) is 9.73. The van der Waals surface area contributed by atoms with Gasteiger partial charge in [-0.1, -0.05) is 6.07 Å². The number of anilines is 2. The summed E-state index contributed by atoms with van der Waals surface area (Å²) in [5.41, 5.74) is 6.88. The molecular formula is C27H30N6. The van der Waals surface area contributed by atoms with Gasteiger partial charge in [-0.3, -0.25) is 9.88 Å². The van der Waals surface area contributed by atoms with Gasteiger partial charge in [-0.15, -0.1) is 0 Å². The molecule has 6 heteroatoms. The molecule has 2 aromatic carbocycles. The highest BCUT2D eigenvalue weighted by atomic mass is 15.3. The second-order valence-corrected chi connectivity index (χ2v) is 9.73. The van der Waals surface area contributed by atoms with E-state index in [1.807, 2.05) is 12.1 Å². The normalized spacial score (nSPS) is 24.5. The van der Waals surface area contributed by atoms with Crippen LogP contribution in [0.15, 0.2) is 48.7 Å². The minimum atomic E-state index is 0.388. The molecule has 0 bridgehead atoms. The minimum Gasteiger partial charge on any atom is -0.370 e. The number of nitriles is 1. The lowest BCUT2D eigenvalue weighted by Gasteiger charge is -2.44. The Balaban J connectivity index is 1.32. The van der Waals surface area contributed by atoms with Crippen LogP contribution >= 0.6 is 0 Å². The van der Waals surface area contributed by atoms with Gasteiger partial charge >= 0.3 is 0 Å². The summed E-state index contributed by atoms with van der Waals surface area (Å²) < 4.78 is 0. The molecule has 2 fully saturated rings. The summed E-state index contributed by atoms with van der Waals surface area (Å²) in [7, 11) is 2.23. The maximum absolute atomic E-state index is 9.52. The fraction of sp³-hybridized carbons (Fsp3) is 0.407. The molecule has 3 unspecified atom stereocenters. The molecule has 0 radical (unpaired) electrons. The lowest BCUT2D eigenvalue weighted by atomic mass is 9.99. The Morgan fingerprint density at radius 1 is 1.18 bits per heavy atom. The molecule has 1 N–H and O–H groups in total. The number of rotatable bonds is 3. The van der Waals surface area contributed by atoms with Gasteiger partial charge in [-0.2, -0.15) is 5.26 Å². The maximum atomic E-state index is 9.52. The number of nitrogens with one attached hydrogen (secondary N) is 1. The first-order valence-corrected chi connectivity index (χ1v) is 12.0. The van der Waals surface area contributed by atoms with Crippen LogP contribution in [0.1, 0.15) is 36.1 Å². The van der Waals surface area contributed by atoms with Crippen LogP contribution in [0.5, 0.6) is 0 Å². The molecule has 3 aliphatic rings.